The van der Waals surface area contributed by atoms with Gasteiger partial charge in [-0.2, -0.15) is 0 Å². The molecular formula is C10H14N5O5PS. The van der Waals surface area contributed by atoms with Crippen molar-refractivity contribution < 1.29 is 23.6 Å². The van der Waals surface area contributed by atoms with Crippen LogP contribution in [0.4, 0.5) is 5.95 Å². The van der Waals surface area contributed by atoms with E-state index in [1.807, 2.05) is 0 Å². The molecule has 3 rings (SSSR count). The predicted molar refractivity (Wildman–Crippen MR) is 78.3 cm³/mol. The van der Waals surface area contributed by atoms with Crippen LogP contribution in [0.5, 0.6) is 0 Å². The van der Waals surface area contributed by atoms with E-state index in [1.165, 1.54) is 0 Å². The predicted octanol–water partition coefficient (Wildman–Crippen LogP) is 0.858. The average Bonchev–Trinajstić information content (AvgIpc) is 3.01. The van der Waals surface area contributed by atoms with Crippen LogP contribution < -0.4 is 5.73 Å². The SMILES string of the molecule is Nc1nc(=S)c2ncn([C@H]3CC[C@@H](COP(=O)(O)O)O3)c2[nH]1. The van der Waals surface area contributed by atoms with E-state index in [2.05, 4.69) is 19.5 Å². The Bertz CT molecular complexity index is 801. The second-order valence-corrected chi connectivity index (χ2v) is 6.48. The van der Waals surface area contributed by atoms with Crippen LogP contribution in [0.1, 0.15) is 19.1 Å². The number of hydrogen-bond donors (Lipinski definition) is 4. The summed E-state index contributed by atoms with van der Waals surface area (Å²) in [7, 11) is -4.49. The number of nitrogens with one attached hydrogen (secondary N) is 1. The summed E-state index contributed by atoms with van der Waals surface area (Å²) in [4.78, 5) is 28.4. The summed E-state index contributed by atoms with van der Waals surface area (Å²) in [5, 5.41) is 0. The number of nitrogens with zero attached hydrogens (tertiary/aromatic N) is 3. The van der Waals surface area contributed by atoms with E-state index in [0.29, 0.717) is 28.6 Å². The molecule has 1 saturated heterocycles. The molecule has 0 aliphatic carbocycles. The quantitative estimate of drug-likeness (QED) is 0.466. The standard InChI is InChI=1S/C10H14N5O5PS/c11-10-13-8-7(9(22)14-10)12-4-15(8)6-2-1-5(20-6)3-19-21(16,17)18/h4-6H,1-3H2,(H2,16,17,18)(H3,11,13,14,22)/t5-,6+/m0/s1. The smallest absolute Gasteiger partial charge is 0.369 e. The molecule has 0 saturated carbocycles. The number of fused-ring (bicyclic) bond motifs is 1. The molecule has 0 amide bonds. The van der Waals surface area contributed by atoms with Gasteiger partial charge in [0.25, 0.3) is 0 Å². The number of anilines is 1. The average molecular weight is 347 g/mol. The summed E-state index contributed by atoms with van der Waals surface area (Å²) >= 11 is 5.10. The Balaban J connectivity index is 1.79. The number of H-pyrrole nitrogens is 1. The van der Waals surface area contributed by atoms with Crippen molar-refractivity contribution >= 4 is 37.2 Å². The van der Waals surface area contributed by atoms with Gasteiger partial charge in [-0.15, -0.1) is 0 Å². The molecule has 10 nitrogen and oxygen atoms in total. The van der Waals surface area contributed by atoms with Gasteiger partial charge in [-0.1, -0.05) is 12.2 Å². The number of phosphoric ester groups is 1. The molecule has 1 fully saturated rings. The van der Waals surface area contributed by atoms with Crippen LogP contribution in [0.15, 0.2) is 6.33 Å². The van der Waals surface area contributed by atoms with Crippen molar-refractivity contribution in [2.75, 3.05) is 12.3 Å². The maximum absolute atomic E-state index is 10.7. The molecule has 0 spiro atoms. The number of nitrogens with two attached hydrogens (primary N) is 1. The van der Waals surface area contributed by atoms with Gasteiger partial charge in [0.15, 0.2) is 10.6 Å². The van der Waals surface area contributed by atoms with Crippen molar-refractivity contribution in [3.05, 3.63) is 11.0 Å². The molecule has 3 heterocycles. The van der Waals surface area contributed by atoms with Crippen LogP contribution in [-0.2, 0) is 13.8 Å². The summed E-state index contributed by atoms with van der Waals surface area (Å²) in [6, 6.07) is 0. The minimum absolute atomic E-state index is 0.174. The molecule has 0 unspecified atom stereocenters. The molecule has 0 aromatic carbocycles. The fraction of sp³-hybridized carbons (Fsp3) is 0.500. The highest BCUT2D eigenvalue weighted by Crippen LogP contribution is 2.38. The summed E-state index contributed by atoms with van der Waals surface area (Å²) in [5.74, 6) is 0.179. The Kier molecular flexibility index (Phi) is 4.02. The van der Waals surface area contributed by atoms with Gasteiger partial charge >= 0.3 is 7.82 Å². The van der Waals surface area contributed by atoms with E-state index in [-0.39, 0.29) is 18.8 Å². The molecule has 1 aliphatic rings. The number of rotatable bonds is 4. The summed E-state index contributed by atoms with van der Waals surface area (Å²) in [6.45, 7) is -0.174. The molecule has 12 heteroatoms. The van der Waals surface area contributed by atoms with Crippen molar-refractivity contribution in [2.45, 2.75) is 25.2 Å². The molecule has 1 aliphatic heterocycles. The first-order valence-corrected chi connectivity index (χ1v) is 8.35. The highest BCUT2D eigenvalue weighted by atomic mass is 32.1. The maximum Gasteiger partial charge on any atom is 0.469 e. The number of nitrogen functional groups attached to an aromatic ring is 1. The van der Waals surface area contributed by atoms with E-state index < -0.39 is 13.9 Å². The van der Waals surface area contributed by atoms with Crippen LogP contribution in [0.2, 0.25) is 0 Å². The van der Waals surface area contributed by atoms with E-state index in [1.54, 1.807) is 10.9 Å². The first-order valence-electron chi connectivity index (χ1n) is 6.41. The van der Waals surface area contributed by atoms with Crippen LogP contribution in [-0.4, -0.2) is 42.0 Å². The Labute approximate surface area is 129 Å². The summed E-state index contributed by atoms with van der Waals surface area (Å²) in [6.07, 6.45) is 2.06. The highest BCUT2D eigenvalue weighted by Gasteiger charge is 2.30. The topological polar surface area (TPSA) is 149 Å². The molecule has 2 aromatic heterocycles. The van der Waals surface area contributed by atoms with Crippen LogP contribution in [0.25, 0.3) is 11.2 Å². The fourth-order valence-electron chi connectivity index (χ4n) is 2.37. The number of phosphoric acid groups is 1. The lowest BCUT2D eigenvalue weighted by molar-refractivity contribution is -0.0205. The first kappa shape index (κ1) is 15.5. The first-order chi connectivity index (χ1) is 10.3. The Morgan fingerprint density at radius 1 is 1.59 bits per heavy atom. The number of hydrogen-bond acceptors (Lipinski definition) is 7. The van der Waals surface area contributed by atoms with Crippen LogP contribution in [0, 0.1) is 4.64 Å². The van der Waals surface area contributed by atoms with Crippen molar-refractivity contribution in [1.82, 2.24) is 19.5 Å². The molecule has 22 heavy (non-hydrogen) atoms. The highest BCUT2D eigenvalue weighted by molar-refractivity contribution is 7.71. The van der Waals surface area contributed by atoms with E-state index in [4.69, 9.17) is 32.5 Å². The van der Waals surface area contributed by atoms with Crippen molar-refractivity contribution in [3.63, 3.8) is 0 Å². The third-order valence-corrected chi connectivity index (χ3v) is 4.06. The largest absolute Gasteiger partial charge is 0.469 e. The zero-order valence-electron chi connectivity index (χ0n) is 11.2. The van der Waals surface area contributed by atoms with Gasteiger partial charge < -0.3 is 25.2 Å². The molecular weight excluding hydrogens is 333 g/mol. The maximum atomic E-state index is 10.7. The lowest BCUT2D eigenvalue weighted by Gasteiger charge is -2.15. The number of aromatic nitrogens is 4. The monoisotopic (exact) mass is 347 g/mol. The van der Waals surface area contributed by atoms with Crippen LogP contribution >= 0.6 is 20.0 Å². The van der Waals surface area contributed by atoms with Gasteiger partial charge in [-0.05, 0) is 12.8 Å². The Morgan fingerprint density at radius 2 is 2.36 bits per heavy atom. The molecule has 2 atom stereocenters. The second kappa shape index (κ2) is 5.69. The van der Waals surface area contributed by atoms with Gasteiger partial charge in [0, 0.05) is 0 Å². The summed E-state index contributed by atoms with van der Waals surface area (Å²) < 4.78 is 22.9. The third-order valence-electron chi connectivity index (χ3n) is 3.29. The van der Waals surface area contributed by atoms with E-state index in [9.17, 15) is 4.57 Å². The van der Waals surface area contributed by atoms with Crippen molar-refractivity contribution in [3.8, 4) is 0 Å². The molecule has 0 bridgehead atoms. The van der Waals surface area contributed by atoms with Gasteiger partial charge in [0.1, 0.15) is 17.4 Å². The van der Waals surface area contributed by atoms with Gasteiger partial charge in [-0.25, -0.2) is 14.5 Å². The van der Waals surface area contributed by atoms with E-state index >= 15 is 0 Å². The fourth-order valence-corrected chi connectivity index (χ4v) is 2.97. The van der Waals surface area contributed by atoms with Gasteiger partial charge in [0.2, 0.25) is 0 Å². The Morgan fingerprint density at radius 3 is 3.09 bits per heavy atom. The second-order valence-electron chi connectivity index (χ2n) is 4.85. The Hall–Kier alpha value is -1.36. The summed E-state index contributed by atoms with van der Waals surface area (Å²) in [5.41, 5.74) is 6.77. The molecule has 0 radical (unpaired) electrons. The molecule has 120 valence electrons. The number of ether oxygens (including phenoxy) is 1. The zero-order valence-corrected chi connectivity index (χ0v) is 13.0. The lowest BCUT2D eigenvalue weighted by atomic mass is 10.2. The number of aromatic amines is 1. The van der Waals surface area contributed by atoms with Gasteiger partial charge in [-0.3, -0.25) is 9.09 Å². The zero-order chi connectivity index (χ0) is 15.9. The normalized spacial score (nSPS) is 22.5. The van der Waals surface area contributed by atoms with Crippen molar-refractivity contribution in [1.29, 1.82) is 0 Å². The minimum Gasteiger partial charge on any atom is -0.369 e. The molecule has 2 aromatic rings. The third kappa shape index (κ3) is 3.19. The number of imidazole rings is 1. The minimum atomic E-state index is -4.49. The molecule has 5 N–H and O–H groups in total. The van der Waals surface area contributed by atoms with E-state index in [0.717, 1.165) is 0 Å². The van der Waals surface area contributed by atoms with Crippen LogP contribution in [0.3, 0.4) is 0 Å². The van der Waals surface area contributed by atoms with Crippen molar-refractivity contribution in [2.24, 2.45) is 0 Å². The van der Waals surface area contributed by atoms with Gasteiger partial charge in [0.05, 0.1) is 19.0 Å². The lowest BCUT2D eigenvalue weighted by Crippen LogP contribution is -2.16.